The Labute approximate surface area is 153 Å². The van der Waals surface area contributed by atoms with Crippen molar-refractivity contribution in [3.8, 4) is 5.75 Å². The van der Waals surface area contributed by atoms with Gasteiger partial charge < -0.3 is 15.4 Å². The number of benzene rings is 2. The van der Waals surface area contributed by atoms with Crippen LogP contribution in [0, 0.1) is 17.0 Å². The number of hydrogen-bond acceptors (Lipinski definition) is 3. The van der Waals surface area contributed by atoms with Gasteiger partial charge in [-0.2, -0.15) is 0 Å². The van der Waals surface area contributed by atoms with E-state index in [0.717, 1.165) is 12.1 Å². The highest BCUT2D eigenvalue weighted by Gasteiger charge is 2.56. The zero-order valence-electron chi connectivity index (χ0n) is 13.7. The first kappa shape index (κ1) is 18.1. The van der Waals surface area contributed by atoms with Crippen LogP contribution in [-0.2, 0) is 9.59 Å². The minimum atomic E-state index is -1.28. The molecule has 1 aliphatic rings. The van der Waals surface area contributed by atoms with E-state index in [9.17, 15) is 18.4 Å². The van der Waals surface area contributed by atoms with Crippen molar-refractivity contribution in [2.45, 2.75) is 12.8 Å². The Balaban J connectivity index is 1.72. The molecule has 0 heterocycles. The predicted molar refractivity (Wildman–Crippen MR) is 93.3 cm³/mol. The zero-order valence-corrected chi connectivity index (χ0v) is 14.5. The van der Waals surface area contributed by atoms with E-state index >= 15 is 0 Å². The standard InChI is InChI=1S/C18H15ClF2N2O3/c1-26-15-5-3-11(9-12(15)19)22-16(24)18(6-7-18)17(25)23-14-4-2-10(20)8-13(14)21/h2-5,8-9H,6-7H2,1H3,(H,22,24)(H,23,25). The number of rotatable bonds is 5. The highest BCUT2D eigenvalue weighted by Crippen LogP contribution is 2.47. The fraction of sp³-hybridized carbons (Fsp3) is 0.222. The number of amides is 2. The van der Waals surface area contributed by atoms with E-state index in [4.69, 9.17) is 16.3 Å². The van der Waals surface area contributed by atoms with Crippen molar-refractivity contribution in [3.63, 3.8) is 0 Å². The van der Waals surface area contributed by atoms with E-state index in [1.807, 2.05) is 0 Å². The summed E-state index contributed by atoms with van der Waals surface area (Å²) in [4.78, 5) is 25.0. The molecule has 0 atom stereocenters. The third kappa shape index (κ3) is 3.48. The van der Waals surface area contributed by atoms with Crippen LogP contribution in [0.1, 0.15) is 12.8 Å². The number of carbonyl (C=O) groups excluding carboxylic acids is 2. The van der Waals surface area contributed by atoms with Crippen LogP contribution in [-0.4, -0.2) is 18.9 Å². The number of hydrogen-bond donors (Lipinski definition) is 2. The highest BCUT2D eigenvalue weighted by atomic mass is 35.5. The van der Waals surface area contributed by atoms with E-state index < -0.39 is 28.9 Å². The van der Waals surface area contributed by atoms with Gasteiger partial charge in [-0.25, -0.2) is 8.78 Å². The molecule has 1 aliphatic carbocycles. The summed E-state index contributed by atoms with van der Waals surface area (Å²) < 4.78 is 31.7. The molecule has 0 bridgehead atoms. The number of anilines is 2. The lowest BCUT2D eigenvalue weighted by Crippen LogP contribution is -2.35. The molecule has 26 heavy (non-hydrogen) atoms. The van der Waals surface area contributed by atoms with Crippen molar-refractivity contribution in [3.05, 3.63) is 53.1 Å². The first-order chi connectivity index (χ1) is 12.4. The molecule has 1 fully saturated rings. The van der Waals surface area contributed by atoms with Crippen molar-refractivity contribution in [2.75, 3.05) is 17.7 Å². The molecule has 5 nitrogen and oxygen atoms in total. The number of ether oxygens (including phenoxy) is 1. The summed E-state index contributed by atoms with van der Waals surface area (Å²) in [5.41, 5.74) is -1.05. The third-order valence-electron chi connectivity index (χ3n) is 4.21. The maximum absolute atomic E-state index is 13.7. The molecule has 8 heteroatoms. The van der Waals surface area contributed by atoms with E-state index in [1.165, 1.54) is 13.2 Å². The van der Waals surface area contributed by atoms with Crippen molar-refractivity contribution < 1.29 is 23.1 Å². The van der Waals surface area contributed by atoms with Gasteiger partial charge in [0.05, 0.1) is 17.8 Å². The number of methoxy groups -OCH3 is 1. The molecule has 3 rings (SSSR count). The average molecular weight is 381 g/mol. The van der Waals surface area contributed by atoms with Crippen LogP contribution in [0.25, 0.3) is 0 Å². The third-order valence-corrected chi connectivity index (χ3v) is 4.50. The Bertz CT molecular complexity index is 885. The first-order valence-electron chi connectivity index (χ1n) is 7.77. The topological polar surface area (TPSA) is 67.4 Å². The molecule has 0 spiro atoms. The molecule has 1 saturated carbocycles. The van der Waals surface area contributed by atoms with Crippen molar-refractivity contribution in [1.82, 2.24) is 0 Å². The van der Waals surface area contributed by atoms with Gasteiger partial charge in [0.25, 0.3) is 0 Å². The lowest BCUT2D eigenvalue weighted by atomic mass is 10.0. The molecule has 0 radical (unpaired) electrons. The summed E-state index contributed by atoms with van der Waals surface area (Å²) in [5.74, 6) is -2.36. The molecular weight excluding hydrogens is 366 g/mol. The van der Waals surface area contributed by atoms with Gasteiger partial charge in [-0.1, -0.05) is 11.6 Å². The largest absolute Gasteiger partial charge is 0.495 e. The van der Waals surface area contributed by atoms with Gasteiger partial charge in [0.1, 0.15) is 22.8 Å². The van der Waals surface area contributed by atoms with Gasteiger partial charge in [0.15, 0.2) is 0 Å². The quantitative estimate of drug-likeness (QED) is 0.771. The maximum atomic E-state index is 13.7. The van der Waals surface area contributed by atoms with Gasteiger partial charge in [0.2, 0.25) is 11.8 Å². The molecule has 2 aromatic rings. The van der Waals surface area contributed by atoms with Crippen LogP contribution in [0.4, 0.5) is 20.2 Å². The zero-order chi connectivity index (χ0) is 18.9. The second-order valence-corrected chi connectivity index (χ2v) is 6.37. The van der Waals surface area contributed by atoms with Crippen molar-refractivity contribution >= 4 is 34.8 Å². The predicted octanol–water partition coefficient (Wildman–Crippen LogP) is 3.98. The molecule has 2 amide bonds. The van der Waals surface area contributed by atoms with Gasteiger partial charge in [0, 0.05) is 11.8 Å². The van der Waals surface area contributed by atoms with Gasteiger partial charge in [-0.3, -0.25) is 9.59 Å². The summed E-state index contributed by atoms with van der Waals surface area (Å²) in [6.07, 6.45) is 0.661. The Kier molecular flexibility index (Phi) is 4.82. The molecule has 0 aliphatic heterocycles. The SMILES string of the molecule is COc1ccc(NC(=O)C2(C(=O)Nc3ccc(F)cc3F)CC2)cc1Cl. The molecule has 0 saturated heterocycles. The second-order valence-electron chi connectivity index (χ2n) is 5.96. The average Bonchev–Trinajstić information content (AvgIpc) is 3.39. The van der Waals surface area contributed by atoms with Crippen LogP contribution >= 0.6 is 11.6 Å². The Morgan fingerprint density at radius 1 is 1.08 bits per heavy atom. The summed E-state index contributed by atoms with van der Waals surface area (Å²) >= 11 is 6.02. The molecular formula is C18H15ClF2N2O3. The van der Waals surface area contributed by atoms with E-state index in [-0.39, 0.29) is 5.69 Å². The monoisotopic (exact) mass is 380 g/mol. The van der Waals surface area contributed by atoms with Crippen LogP contribution in [0.3, 0.4) is 0 Å². The lowest BCUT2D eigenvalue weighted by molar-refractivity contribution is -0.131. The van der Waals surface area contributed by atoms with E-state index in [0.29, 0.717) is 35.4 Å². The lowest BCUT2D eigenvalue weighted by Gasteiger charge is -2.16. The summed E-state index contributed by atoms with van der Waals surface area (Å²) in [7, 11) is 1.47. The van der Waals surface area contributed by atoms with Crippen LogP contribution in [0.15, 0.2) is 36.4 Å². The Morgan fingerprint density at radius 2 is 1.77 bits per heavy atom. The molecule has 2 N–H and O–H groups in total. The number of nitrogens with one attached hydrogen (secondary N) is 2. The minimum Gasteiger partial charge on any atom is -0.495 e. The fourth-order valence-electron chi connectivity index (χ4n) is 2.51. The van der Waals surface area contributed by atoms with E-state index in [1.54, 1.807) is 12.1 Å². The summed E-state index contributed by atoms with van der Waals surface area (Å²) in [6.45, 7) is 0. The van der Waals surface area contributed by atoms with Gasteiger partial charge in [-0.05, 0) is 43.2 Å². The Morgan fingerprint density at radius 3 is 2.35 bits per heavy atom. The minimum absolute atomic E-state index is 0.178. The highest BCUT2D eigenvalue weighted by molar-refractivity contribution is 6.32. The van der Waals surface area contributed by atoms with Crippen LogP contribution in [0.5, 0.6) is 5.75 Å². The summed E-state index contributed by atoms with van der Waals surface area (Å²) in [5, 5.41) is 5.30. The van der Waals surface area contributed by atoms with Gasteiger partial charge in [-0.15, -0.1) is 0 Å². The summed E-state index contributed by atoms with van der Waals surface area (Å²) in [6, 6.07) is 7.49. The van der Waals surface area contributed by atoms with Crippen LogP contribution < -0.4 is 15.4 Å². The smallest absolute Gasteiger partial charge is 0.240 e. The van der Waals surface area contributed by atoms with Crippen molar-refractivity contribution in [2.24, 2.45) is 5.41 Å². The second kappa shape index (κ2) is 6.92. The molecule has 2 aromatic carbocycles. The normalized spacial score (nSPS) is 14.5. The number of carbonyl (C=O) groups is 2. The maximum Gasteiger partial charge on any atom is 0.240 e. The van der Waals surface area contributed by atoms with E-state index in [2.05, 4.69) is 10.6 Å². The molecule has 136 valence electrons. The molecule has 0 aromatic heterocycles. The number of halogens is 3. The van der Waals surface area contributed by atoms with Crippen LogP contribution in [0.2, 0.25) is 5.02 Å². The van der Waals surface area contributed by atoms with Gasteiger partial charge >= 0.3 is 0 Å². The Hall–Kier alpha value is -2.67. The fourth-order valence-corrected chi connectivity index (χ4v) is 2.77. The van der Waals surface area contributed by atoms with Crippen molar-refractivity contribution in [1.29, 1.82) is 0 Å². The molecule has 0 unspecified atom stereocenters. The first-order valence-corrected chi connectivity index (χ1v) is 8.15.